The van der Waals surface area contributed by atoms with Crippen LogP contribution in [0.3, 0.4) is 0 Å². The molecule has 1 rings (SSSR count). The van der Waals surface area contributed by atoms with Crippen LogP contribution in [0.15, 0.2) is 0 Å². The van der Waals surface area contributed by atoms with E-state index in [-0.39, 0.29) is 29.7 Å². The number of hydrogen-bond acceptors (Lipinski definition) is 4. The topological polar surface area (TPSA) is 76.2 Å². The van der Waals surface area contributed by atoms with Crippen LogP contribution in [0.1, 0.15) is 20.4 Å². The Bertz CT molecular complexity index is 290. The minimum absolute atomic E-state index is 0. The first-order valence-corrected chi connectivity index (χ1v) is 3.86. The van der Waals surface area contributed by atoms with E-state index in [4.69, 9.17) is 10.8 Å². The molecular formula is C6H10Cl2N2O2S. The summed E-state index contributed by atoms with van der Waals surface area (Å²) < 4.78 is 0. The fourth-order valence-corrected chi connectivity index (χ4v) is 1.52. The summed E-state index contributed by atoms with van der Waals surface area (Å²) in [7, 11) is 0. The first-order chi connectivity index (χ1) is 5.15. The number of thiazole rings is 1. The Morgan fingerprint density at radius 1 is 1.62 bits per heavy atom. The van der Waals surface area contributed by atoms with Crippen LogP contribution in [-0.4, -0.2) is 16.1 Å². The van der Waals surface area contributed by atoms with Crippen LogP contribution in [0.25, 0.3) is 0 Å². The quantitative estimate of drug-likeness (QED) is 0.826. The SMILES string of the molecule is Cc1nc(CN)sc1C(=O)O.Cl.Cl. The third kappa shape index (κ3) is 3.48. The third-order valence-corrected chi connectivity index (χ3v) is 2.38. The second kappa shape index (κ2) is 6.15. The second-order valence-corrected chi connectivity index (χ2v) is 3.12. The first-order valence-electron chi connectivity index (χ1n) is 3.04. The molecule has 0 aliphatic rings. The first kappa shape index (κ1) is 15.1. The van der Waals surface area contributed by atoms with Crippen molar-refractivity contribution in [3.8, 4) is 0 Å². The van der Waals surface area contributed by atoms with Crippen LogP contribution >= 0.6 is 36.2 Å². The Morgan fingerprint density at radius 2 is 2.15 bits per heavy atom. The smallest absolute Gasteiger partial charge is 0.347 e. The van der Waals surface area contributed by atoms with E-state index in [2.05, 4.69) is 4.98 Å². The fourth-order valence-electron chi connectivity index (χ4n) is 0.738. The summed E-state index contributed by atoms with van der Waals surface area (Å²) in [6.45, 7) is 1.97. The molecule has 0 atom stereocenters. The van der Waals surface area contributed by atoms with Gasteiger partial charge in [-0.3, -0.25) is 0 Å². The molecule has 0 bridgehead atoms. The van der Waals surface area contributed by atoms with Crippen molar-refractivity contribution in [3.05, 3.63) is 15.6 Å². The lowest BCUT2D eigenvalue weighted by molar-refractivity contribution is 0.0701. The predicted molar refractivity (Wildman–Crippen MR) is 56.2 cm³/mol. The number of aromatic nitrogens is 1. The number of carboxylic acid groups (broad SMARTS) is 1. The molecule has 7 heteroatoms. The molecule has 0 aliphatic heterocycles. The summed E-state index contributed by atoms with van der Waals surface area (Å²) >= 11 is 1.13. The molecule has 0 saturated carbocycles. The summed E-state index contributed by atoms with van der Waals surface area (Å²) in [5.41, 5.74) is 5.83. The maximum absolute atomic E-state index is 10.5. The average molecular weight is 245 g/mol. The van der Waals surface area contributed by atoms with Gasteiger partial charge in [0.2, 0.25) is 0 Å². The zero-order chi connectivity index (χ0) is 8.43. The number of aromatic carboxylic acids is 1. The Kier molecular flexibility index (Phi) is 7.15. The van der Waals surface area contributed by atoms with Crippen LogP contribution in [0.5, 0.6) is 0 Å². The van der Waals surface area contributed by atoms with E-state index in [9.17, 15) is 4.79 Å². The van der Waals surface area contributed by atoms with Gasteiger partial charge in [-0.2, -0.15) is 0 Å². The van der Waals surface area contributed by atoms with Gasteiger partial charge in [0.15, 0.2) is 0 Å². The molecule has 0 aliphatic carbocycles. The highest BCUT2D eigenvalue weighted by molar-refractivity contribution is 7.13. The molecule has 1 aromatic heterocycles. The number of halogens is 2. The normalized spacial score (nSPS) is 8.46. The van der Waals surface area contributed by atoms with Gasteiger partial charge in [-0.15, -0.1) is 36.2 Å². The van der Waals surface area contributed by atoms with E-state index in [0.717, 1.165) is 11.3 Å². The van der Waals surface area contributed by atoms with E-state index in [1.807, 2.05) is 0 Å². The van der Waals surface area contributed by atoms with Gasteiger partial charge < -0.3 is 10.8 Å². The van der Waals surface area contributed by atoms with Gasteiger partial charge in [0, 0.05) is 6.54 Å². The maximum atomic E-state index is 10.5. The van der Waals surface area contributed by atoms with Gasteiger partial charge in [0.25, 0.3) is 0 Å². The van der Waals surface area contributed by atoms with Gasteiger partial charge in [-0.1, -0.05) is 0 Å². The molecule has 1 heterocycles. The van der Waals surface area contributed by atoms with Crippen molar-refractivity contribution < 1.29 is 9.90 Å². The largest absolute Gasteiger partial charge is 0.477 e. The van der Waals surface area contributed by atoms with Crippen molar-refractivity contribution in [2.75, 3.05) is 0 Å². The Balaban J connectivity index is 0. The summed E-state index contributed by atoms with van der Waals surface area (Å²) in [4.78, 5) is 14.7. The lowest BCUT2D eigenvalue weighted by atomic mass is 10.4. The lowest BCUT2D eigenvalue weighted by Crippen LogP contribution is -1.94. The number of carbonyl (C=O) groups is 1. The molecule has 0 saturated heterocycles. The highest BCUT2D eigenvalue weighted by Crippen LogP contribution is 2.16. The Morgan fingerprint density at radius 3 is 2.38 bits per heavy atom. The molecule has 13 heavy (non-hydrogen) atoms. The van der Waals surface area contributed by atoms with Crippen LogP contribution in [-0.2, 0) is 6.54 Å². The fraction of sp³-hybridized carbons (Fsp3) is 0.333. The van der Waals surface area contributed by atoms with Gasteiger partial charge >= 0.3 is 5.97 Å². The van der Waals surface area contributed by atoms with Crippen molar-refractivity contribution in [3.63, 3.8) is 0 Å². The van der Waals surface area contributed by atoms with Gasteiger partial charge in [0.05, 0.1) is 5.69 Å². The molecule has 4 nitrogen and oxygen atoms in total. The van der Waals surface area contributed by atoms with E-state index in [1.54, 1.807) is 6.92 Å². The summed E-state index contributed by atoms with van der Waals surface area (Å²) in [5.74, 6) is -0.931. The van der Waals surface area contributed by atoms with Gasteiger partial charge in [-0.05, 0) is 6.92 Å². The minimum Gasteiger partial charge on any atom is -0.477 e. The highest BCUT2D eigenvalue weighted by atomic mass is 35.5. The molecular weight excluding hydrogens is 235 g/mol. The minimum atomic E-state index is -0.931. The van der Waals surface area contributed by atoms with E-state index in [0.29, 0.717) is 17.2 Å². The third-order valence-electron chi connectivity index (χ3n) is 1.21. The number of hydrogen-bond donors (Lipinski definition) is 2. The average Bonchev–Trinajstić information content (AvgIpc) is 2.30. The zero-order valence-corrected chi connectivity index (χ0v) is 9.26. The Hall–Kier alpha value is -0.360. The summed E-state index contributed by atoms with van der Waals surface area (Å²) in [5, 5.41) is 9.27. The van der Waals surface area contributed by atoms with Crippen molar-refractivity contribution in [1.82, 2.24) is 4.98 Å². The van der Waals surface area contributed by atoms with Crippen LogP contribution < -0.4 is 5.73 Å². The molecule has 3 N–H and O–H groups in total. The number of nitrogens with two attached hydrogens (primary N) is 1. The van der Waals surface area contributed by atoms with Crippen molar-refractivity contribution in [2.24, 2.45) is 5.73 Å². The monoisotopic (exact) mass is 244 g/mol. The second-order valence-electron chi connectivity index (χ2n) is 2.03. The van der Waals surface area contributed by atoms with Gasteiger partial charge in [-0.25, -0.2) is 9.78 Å². The molecule has 0 unspecified atom stereocenters. The molecule has 0 spiro atoms. The van der Waals surface area contributed by atoms with Crippen LogP contribution in [0, 0.1) is 6.92 Å². The maximum Gasteiger partial charge on any atom is 0.347 e. The van der Waals surface area contributed by atoms with Crippen molar-refractivity contribution >= 4 is 42.1 Å². The van der Waals surface area contributed by atoms with E-state index < -0.39 is 5.97 Å². The van der Waals surface area contributed by atoms with Gasteiger partial charge in [0.1, 0.15) is 9.88 Å². The number of carboxylic acids is 1. The standard InChI is InChI=1S/C6H8N2O2S.2ClH/c1-3-5(6(9)10)11-4(2-7)8-3;;/h2,7H2,1H3,(H,9,10);2*1H. The number of nitrogens with zero attached hydrogens (tertiary/aromatic N) is 1. The lowest BCUT2D eigenvalue weighted by Gasteiger charge is -1.84. The van der Waals surface area contributed by atoms with Crippen LogP contribution in [0.4, 0.5) is 0 Å². The summed E-state index contributed by atoms with van der Waals surface area (Å²) in [6, 6.07) is 0. The molecule has 0 aromatic carbocycles. The van der Waals surface area contributed by atoms with Crippen LogP contribution in [0.2, 0.25) is 0 Å². The number of aryl methyl sites for hydroxylation is 1. The predicted octanol–water partition coefficient (Wildman–Crippen LogP) is 1.45. The molecule has 1 aromatic rings. The van der Waals surface area contributed by atoms with Crippen molar-refractivity contribution in [1.29, 1.82) is 0 Å². The number of rotatable bonds is 2. The molecule has 0 fully saturated rings. The molecule has 76 valence electrons. The molecule has 0 amide bonds. The van der Waals surface area contributed by atoms with E-state index in [1.165, 1.54) is 0 Å². The van der Waals surface area contributed by atoms with E-state index >= 15 is 0 Å². The highest BCUT2D eigenvalue weighted by Gasteiger charge is 2.12. The summed E-state index contributed by atoms with van der Waals surface area (Å²) in [6.07, 6.45) is 0. The Labute approximate surface area is 92.0 Å². The zero-order valence-electron chi connectivity index (χ0n) is 6.81. The van der Waals surface area contributed by atoms with Crippen molar-refractivity contribution in [2.45, 2.75) is 13.5 Å². The molecule has 0 radical (unpaired) electrons.